The molecule has 150 valence electrons. The number of furan rings is 1. The molecular weight excluding hydrogens is 420 g/mol. The second-order valence-electron chi connectivity index (χ2n) is 6.25. The third-order valence-corrected chi connectivity index (χ3v) is 5.95. The minimum atomic E-state index is -0.450. The summed E-state index contributed by atoms with van der Waals surface area (Å²) in [5, 5.41) is 10.5. The molecule has 4 rings (SSSR count). The number of benzene rings is 1. The van der Waals surface area contributed by atoms with E-state index in [9.17, 15) is 9.59 Å². The molecule has 4 aromatic rings. The molecule has 0 saturated heterocycles. The van der Waals surface area contributed by atoms with Gasteiger partial charge in [-0.3, -0.25) is 9.59 Å². The van der Waals surface area contributed by atoms with Gasteiger partial charge in [-0.1, -0.05) is 42.1 Å². The van der Waals surface area contributed by atoms with Crippen molar-refractivity contribution in [2.75, 3.05) is 5.75 Å². The van der Waals surface area contributed by atoms with Crippen LogP contribution in [0.2, 0.25) is 0 Å². The van der Waals surface area contributed by atoms with E-state index < -0.39 is 5.56 Å². The second-order valence-corrected chi connectivity index (χ2v) is 8.16. The monoisotopic (exact) mass is 436 g/mol. The molecule has 0 aliphatic rings. The number of rotatable bonds is 8. The molecule has 0 saturated carbocycles. The van der Waals surface area contributed by atoms with E-state index in [1.807, 2.05) is 35.7 Å². The van der Waals surface area contributed by atoms with Gasteiger partial charge in [0.15, 0.2) is 10.9 Å². The standard InChI is InChI=1S/C21H16N4O3S2/c22-10-15-19(17-7-4-8-28-17)24-21(25-20(15)27)30-11-14(26)9-18-23-16(12-29-18)13-5-2-1-3-6-13/h1-8,10,12,22H,9,11H2,(H,24,25,27). The molecule has 3 heterocycles. The van der Waals surface area contributed by atoms with Gasteiger partial charge in [0.25, 0.3) is 5.56 Å². The molecule has 30 heavy (non-hydrogen) atoms. The van der Waals surface area contributed by atoms with Crippen LogP contribution in [0.5, 0.6) is 0 Å². The number of ketones is 1. The maximum Gasteiger partial charge on any atom is 0.261 e. The first kappa shape index (κ1) is 20.0. The van der Waals surface area contributed by atoms with E-state index in [2.05, 4.69) is 15.0 Å². The van der Waals surface area contributed by atoms with E-state index in [0.29, 0.717) is 10.9 Å². The Morgan fingerprint density at radius 3 is 2.77 bits per heavy atom. The summed E-state index contributed by atoms with van der Waals surface area (Å²) in [6.07, 6.45) is 2.63. The van der Waals surface area contributed by atoms with Crippen molar-refractivity contribution in [3.05, 3.63) is 75.0 Å². The molecule has 0 radical (unpaired) electrons. The lowest BCUT2D eigenvalue weighted by molar-refractivity contribution is -0.116. The first-order chi connectivity index (χ1) is 14.6. The lowest BCUT2D eigenvalue weighted by Crippen LogP contribution is -2.17. The molecule has 0 spiro atoms. The van der Waals surface area contributed by atoms with Crippen LogP contribution in [-0.4, -0.2) is 32.7 Å². The number of nitrogens with one attached hydrogen (secondary N) is 2. The zero-order valence-electron chi connectivity index (χ0n) is 15.6. The van der Waals surface area contributed by atoms with Crippen molar-refractivity contribution in [2.45, 2.75) is 11.6 Å². The van der Waals surface area contributed by atoms with Crippen LogP contribution in [0.4, 0.5) is 0 Å². The van der Waals surface area contributed by atoms with Gasteiger partial charge in [0, 0.05) is 17.2 Å². The minimum absolute atomic E-state index is 0.0210. The van der Waals surface area contributed by atoms with Gasteiger partial charge in [-0.2, -0.15) is 0 Å². The predicted molar refractivity (Wildman–Crippen MR) is 117 cm³/mol. The number of nitrogens with zero attached hydrogens (tertiary/aromatic N) is 2. The van der Waals surface area contributed by atoms with Crippen LogP contribution in [0.15, 0.2) is 68.5 Å². The van der Waals surface area contributed by atoms with Crippen molar-refractivity contribution in [3.8, 4) is 22.7 Å². The highest BCUT2D eigenvalue weighted by Gasteiger charge is 2.16. The predicted octanol–water partition coefficient (Wildman–Crippen LogP) is 4.05. The molecular formula is C21H16N4O3S2. The Labute approximate surface area is 179 Å². The number of hydrogen-bond donors (Lipinski definition) is 2. The van der Waals surface area contributed by atoms with Gasteiger partial charge in [0.1, 0.15) is 16.5 Å². The zero-order valence-corrected chi connectivity index (χ0v) is 17.3. The fourth-order valence-electron chi connectivity index (χ4n) is 2.77. The highest BCUT2D eigenvalue weighted by molar-refractivity contribution is 7.99. The van der Waals surface area contributed by atoms with Crippen LogP contribution in [-0.2, 0) is 11.2 Å². The van der Waals surface area contributed by atoms with Crippen molar-refractivity contribution in [1.82, 2.24) is 15.0 Å². The Balaban J connectivity index is 1.44. The van der Waals surface area contributed by atoms with Crippen LogP contribution < -0.4 is 5.56 Å². The summed E-state index contributed by atoms with van der Waals surface area (Å²) in [6.45, 7) is 0. The van der Waals surface area contributed by atoms with Crippen LogP contribution in [0.1, 0.15) is 10.6 Å². The van der Waals surface area contributed by atoms with Crippen molar-refractivity contribution in [3.63, 3.8) is 0 Å². The Morgan fingerprint density at radius 1 is 1.20 bits per heavy atom. The average Bonchev–Trinajstić information content (AvgIpc) is 3.45. The van der Waals surface area contributed by atoms with Crippen LogP contribution in [0, 0.1) is 5.41 Å². The first-order valence-electron chi connectivity index (χ1n) is 8.97. The van der Waals surface area contributed by atoms with E-state index in [1.54, 1.807) is 12.1 Å². The average molecular weight is 437 g/mol. The van der Waals surface area contributed by atoms with Gasteiger partial charge in [0.05, 0.1) is 29.7 Å². The molecule has 9 heteroatoms. The molecule has 7 nitrogen and oxygen atoms in total. The van der Waals surface area contributed by atoms with Gasteiger partial charge < -0.3 is 14.8 Å². The maximum atomic E-state index is 12.4. The minimum Gasteiger partial charge on any atom is -0.463 e. The summed E-state index contributed by atoms with van der Waals surface area (Å²) in [7, 11) is 0. The molecule has 0 aliphatic heterocycles. The summed E-state index contributed by atoms with van der Waals surface area (Å²) < 4.78 is 5.31. The molecule has 2 N–H and O–H groups in total. The molecule has 0 aliphatic carbocycles. The largest absolute Gasteiger partial charge is 0.463 e. The molecule has 1 aromatic carbocycles. The molecule has 3 aromatic heterocycles. The van der Waals surface area contributed by atoms with Crippen molar-refractivity contribution in [1.29, 1.82) is 5.41 Å². The van der Waals surface area contributed by atoms with E-state index >= 15 is 0 Å². The smallest absolute Gasteiger partial charge is 0.261 e. The zero-order chi connectivity index (χ0) is 20.9. The number of Topliss-reactive ketones (excluding diaryl/α,β-unsaturated/α-hetero) is 1. The van der Waals surface area contributed by atoms with Crippen molar-refractivity contribution in [2.24, 2.45) is 0 Å². The van der Waals surface area contributed by atoms with Gasteiger partial charge >= 0.3 is 0 Å². The number of carbonyl (C=O) groups excluding carboxylic acids is 1. The van der Waals surface area contributed by atoms with Gasteiger partial charge in [-0.15, -0.1) is 11.3 Å². The first-order valence-corrected chi connectivity index (χ1v) is 10.8. The van der Waals surface area contributed by atoms with Crippen molar-refractivity contribution >= 4 is 35.1 Å². The van der Waals surface area contributed by atoms with E-state index in [-0.39, 0.29) is 29.2 Å². The quantitative estimate of drug-likeness (QED) is 0.245. The third-order valence-electron chi connectivity index (χ3n) is 4.17. The highest BCUT2D eigenvalue weighted by Crippen LogP contribution is 2.24. The Hall–Kier alpha value is -3.30. The Bertz CT molecular complexity index is 1230. The highest BCUT2D eigenvalue weighted by atomic mass is 32.2. The van der Waals surface area contributed by atoms with E-state index in [0.717, 1.165) is 34.2 Å². The number of aromatic amines is 1. The topological polar surface area (TPSA) is 113 Å². The summed E-state index contributed by atoms with van der Waals surface area (Å²) in [4.78, 5) is 36.2. The lowest BCUT2D eigenvalue weighted by atomic mass is 10.2. The fourth-order valence-corrected chi connectivity index (χ4v) is 4.32. The summed E-state index contributed by atoms with van der Waals surface area (Å²) in [5.41, 5.74) is 1.81. The maximum absolute atomic E-state index is 12.4. The molecule has 0 bridgehead atoms. The number of hydrogen-bond acceptors (Lipinski definition) is 8. The number of aromatic nitrogens is 3. The third kappa shape index (κ3) is 4.47. The summed E-state index contributed by atoms with van der Waals surface area (Å²) >= 11 is 2.59. The normalized spacial score (nSPS) is 10.8. The van der Waals surface area contributed by atoms with E-state index in [1.165, 1.54) is 17.6 Å². The number of H-pyrrole nitrogens is 1. The van der Waals surface area contributed by atoms with Gasteiger partial charge in [-0.25, -0.2) is 9.97 Å². The lowest BCUT2D eigenvalue weighted by Gasteiger charge is -2.05. The number of carbonyl (C=O) groups is 1. The fraction of sp³-hybridized carbons (Fsp3) is 0.0952. The van der Waals surface area contributed by atoms with Crippen LogP contribution >= 0.6 is 23.1 Å². The second kappa shape index (κ2) is 9.02. The number of thiazole rings is 1. The van der Waals surface area contributed by atoms with Gasteiger partial charge in [-0.05, 0) is 12.1 Å². The SMILES string of the molecule is N=Cc1c(-c2ccco2)nc(SCC(=O)Cc2nc(-c3ccccc3)cs2)[nH]c1=O. The van der Waals surface area contributed by atoms with Gasteiger partial charge in [0.2, 0.25) is 0 Å². The van der Waals surface area contributed by atoms with Crippen LogP contribution in [0.3, 0.4) is 0 Å². The summed E-state index contributed by atoms with van der Waals surface area (Å²) in [6, 6.07) is 13.2. The Kier molecular flexibility index (Phi) is 6.01. The van der Waals surface area contributed by atoms with Crippen molar-refractivity contribution < 1.29 is 9.21 Å². The molecule has 0 amide bonds. The molecule has 0 fully saturated rings. The Morgan fingerprint density at radius 2 is 2.03 bits per heavy atom. The van der Waals surface area contributed by atoms with E-state index in [4.69, 9.17) is 9.83 Å². The molecule has 0 atom stereocenters. The number of thioether (sulfide) groups is 1. The summed E-state index contributed by atoms with van der Waals surface area (Å²) in [5.74, 6) is 0.515. The van der Waals surface area contributed by atoms with Crippen LogP contribution in [0.25, 0.3) is 22.7 Å². The molecule has 0 unspecified atom stereocenters.